The lowest BCUT2D eigenvalue weighted by molar-refractivity contribution is -0.130. The summed E-state index contributed by atoms with van der Waals surface area (Å²) in [5.74, 6) is -0.764. The standard InChI is InChI=1S/C26H22N2O4S2/c1-15-12-16(4-11-23(15)32-2)13-20(25(29)17-5-8-19(33-3)9-6-17)24(26(30)31)18-7-10-21-22(14-18)28-34-27-21/h4-12,14H,13H2,1-3H3,(H,30,31)/b24-20+. The Balaban J connectivity index is 1.89. The van der Waals surface area contributed by atoms with Crippen LogP contribution in [0.5, 0.6) is 5.75 Å². The van der Waals surface area contributed by atoms with Crippen molar-refractivity contribution in [1.29, 1.82) is 0 Å². The van der Waals surface area contributed by atoms with Crippen molar-refractivity contribution >= 4 is 51.8 Å². The quantitative estimate of drug-likeness (QED) is 0.193. The minimum atomic E-state index is -1.17. The van der Waals surface area contributed by atoms with Gasteiger partial charge < -0.3 is 9.84 Å². The van der Waals surface area contributed by atoms with E-state index in [1.807, 2.05) is 43.5 Å². The number of fused-ring (bicyclic) bond motifs is 1. The van der Waals surface area contributed by atoms with Crippen molar-refractivity contribution in [1.82, 2.24) is 8.75 Å². The molecule has 4 rings (SSSR count). The molecule has 0 amide bonds. The Morgan fingerprint density at radius 2 is 1.68 bits per heavy atom. The molecule has 0 saturated carbocycles. The summed E-state index contributed by atoms with van der Waals surface area (Å²) in [6.07, 6.45) is 2.11. The number of aliphatic carboxylic acids is 1. The number of hydrogen-bond donors (Lipinski definition) is 1. The molecule has 0 saturated heterocycles. The first-order valence-corrected chi connectivity index (χ1v) is 12.4. The molecule has 0 bridgehead atoms. The maximum Gasteiger partial charge on any atom is 0.336 e. The van der Waals surface area contributed by atoms with Gasteiger partial charge in [0.2, 0.25) is 0 Å². The summed E-state index contributed by atoms with van der Waals surface area (Å²) in [4.78, 5) is 27.3. The fraction of sp³-hybridized carbons (Fsp3) is 0.154. The number of rotatable bonds is 8. The number of carbonyl (C=O) groups is 2. The lowest BCUT2D eigenvalue weighted by atomic mass is 9.89. The van der Waals surface area contributed by atoms with E-state index >= 15 is 0 Å². The van der Waals surface area contributed by atoms with Crippen molar-refractivity contribution in [3.63, 3.8) is 0 Å². The Morgan fingerprint density at radius 3 is 2.32 bits per heavy atom. The second-order valence-electron chi connectivity index (χ2n) is 7.66. The Morgan fingerprint density at radius 1 is 0.971 bits per heavy atom. The molecule has 8 heteroatoms. The summed E-state index contributed by atoms with van der Waals surface area (Å²) in [6.45, 7) is 1.91. The maximum atomic E-state index is 13.7. The van der Waals surface area contributed by atoms with E-state index in [0.29, 0.717) is 22.2 Å². The van der Waals surface area contributed by atoms with Gasteiger partial charge in [-0.25, -0.2) is 4.79 Å². The highest BCUT2D eigenvalue weighted by atomic mass is 32.2. The van der Waals surface area contributed by atoms with Crippen LogP contribution >= 0.6 is 23.5 Å². The molecule has 0 fully saturated rings. The van der Waals surface area contributed by atoms with E-state index < -0.39 is 5.97 Å². The number of carboxylic acids is 1. The first-order valence-electron chi connectivity index (χ1n) is 10.4. The number of Topliss-reactive ketones (excluding diaryl/α,β-unsaturated/α-hetero) is 1. The monoisotopic (exact) mass is 490 g/mol. The predicted octanol–water partition coefficient (Wildman–Crippen LogP) is 5.69. The van der Waals surface area contributed by atoms with Gasteiger partial charge in [0.15, 0.2) is 5.78 Å². The van der Waals surface area contributed by atoms with Gasteiger partial charge in [0, 0.05) is 22.5 Å². The zero-order chi connectivity index (χ0) is 24.2. The van der Waals surface area contributed by atoms with Crippen LogP contribution in [0, 0.1) is 6.92 Å². The molecule has 0 radical (unpaired) electrons. The van der Waals surface area contributed by atoms with Crippen LogP contribution in [-0.4, -0.2) is 39.0 Å². The summed E-state index contributed by atoms with van der Waals surface area (Å²) in [5, 5.41) is 10.2. The molecule has 0 aliphatic rings. The topological polar surface area (TPSA) is 89.4 Å². The summed E-state index contributed by atoms with van der Waals surface area (Å²) in [5.41, 5.74) is 4.02. The molecule has 0 aliphatic heterocycles. The van der Waals surface area contributed by atoms with Crippen LogP contribution in [0.15, 0.2) is 71.1 Å². The van der Waals surface area contributed by atoms with Gasteiger partial charge in [-0.05, 0) is 72.3 Å². The minimum absolute atomic E-state index is 0.0395. The number of hydrogen-bond acceptors (Lipinski definition) is 7. The zero-order valence-electron chi connectivity index (χ0n) is 18.9. The number of nitrogens with zero attached hydrogens (tertiary/aromatic N) is 2. The van der Waals surface area contributed by atoms with Gasteiger partial charge in [0.25, 0.3) is 0 Å². The highest BCUT2D eigenvalue weighted by molar-refractivity contribution is 7.98. The lowest BCUT2D eigenvalue weighted by Gasteiger charge is -2.14. The molecular formula is C26H22N2O4S2. The number of thioether (sulfide) groups is 1. The van der Waals surface area contributed by atoms with Crippen molar-refractivity contribution in [3.8, 4) is 5.75 Å². The molecule has 172 valence electrons. The molecular weight excluding hydrogens is 468 g/mol. The summed E-state index contributed by atoms with van der Waals surface area (Å²) < 4.78 is 13.8. The molecule has 4 aromatic rings. The molecule has 1 heterocycles. The van der Waals surface area contributed by atoms with Gasteiger partial charge in [0.05, 0.1) is 24.4 Å². The molecule has 1 N–H and O–H groups in total. The third-order valence-electron chi connectivity index (χ3n) is 5.52. The second kappa shape index (κ2) is 10.2. The number of carboxylic acid groups (broad SMARTS) is 1. The average molecular weight is 491 g/mol. The fourth-order valence-electron chi connectivity index (χ4n) is 3.82. The lowest BCUT2D eigenvalue weighted by Crippen LogP contribution is -2.14. The van der Waals surface area contributed by atoms with Crippen molar-refractivity contribution in [2.75, 3.05) is 13.4 Å². The van der Waals surface area contributed by atoms with E-state index in [0.717, 1.165) is 33.5 Å². The number of allylic oxidation sites excluding steroid dienone is 1. The van der Waals surface area contributed by atoms with Gasteiger partial charge in [0.1, 0.15) is 16.8 Å². The van der Waals surface area contributed by atoms with Crippen molar-refractivity contribution in [2.45, 2.75) is 18.2 Å². The second-order valence-corrected chi connectivity index (χ2v) is 9.07. The molecule has 6 nitrogen and oxygen atoms in total. The molecule has 0 aliphatic carbocycles. The largest absolute Gasteiger partial charge is 0.496 e. The normalized spacial score (nSPS) is 11.9. The predicted molar refractivity (Wildman–Crippen MR) is 136 cm³/mol. The van der Waals surface area contributed by atoms with Crippen molar-refractivity contribution in [3.05, 3.63) is 88.5 Å². The van der Waals surface area contributed by atoms with Crippen LogP contribution < -0.4 is 4.74 Å². The third-order valence-corrected chi connectivity index (χ3v) is 6.82. The van der Waals surface area contributed by atoms with Gasteiger partial charge in [-0.15, -0.1) is 11.8 Å². The molecule has 34 heavy (non-hydrogen) atoms. The van der Waals surface area contributed by atoms with E-state index in [1.54, 1.807) is 49.2 Å². The maximum absolute atomic E-state index is 13.7. The van der Waals surface area contributed by atoms with E-state index in [4.69, 9.17) is 4.74 Å². The van der Waals surface area contributed by atoms with Gasteiger partial charge in [-0.2, -0.15) is 8.75 Å². The van der Waals surface area contributed by atoms with Gasteiger partial charge in [-0.3, -0.25) is 4.79 Å². The van der Waals surface area contributed by atoms with Crippen LogP contribution in [0.25, 0.3) is 16.6 Å². The Labute approximate surface area is 205 Å². The Kier molecular flexibility index (Phi) is 7.09. The summed E-state index contributed by atoms with van der Waals surface area (Å²) >= 11 is 2.63. The molecule has 0 unspecified atom stereocenters. The minimum Gasteiger partial charge on any atom is -0.496 e. The van der Waals surface area contributed by atoms with Gasteiger partial charge >= 0.3 is 5.97 Å². The number of ketones is 1. The van der Waals surface area contributed by atoms with Crippen LogP contribution in [0.2, 0.25) is 0 Å². The van der Waals surface area contributed by atoms with Crippen LogP contribution in [0.4, 0.5) is 0 Å². The average Bonchev–Trinajstić information content (AvgIpc) is 3.31. The highest BCUT2D eigenvalue weighted by Crippen LogP contribution is 2.29. The van der Waals surface area contributed by atoms with Crippen LogP contribution in [-0.2, 0) is 11.2 Å². The molecule has 0 spiro atoms. The van der Waals surface area contributed by atoms with E-state index in [2.05, 4.69) is 8.75 Å². The van der Waals surface area contributed by atoms with E-state index in [9.17, 15) is 14.7 Å². The number of aromatic nitrogens is 2. The van der Waals surface area contributed by atoms with Crippen LogP contribution in [0.1, 0.15) is 27.0 Å². The number of ether oxygens (including phenoxy) is 1. The van der Waals surface area contributed by atoms with Crippen LogP contribution in [0.3, 0.4) is 0 Å². The first kappa shape index (κ1) is 23.7. The molecule has 0 atom stereocenters. The summed E-state index contributed by atoms with van der Waals surface area (Å²) in [7, 11) is 1.60. The molecule has 3 aromatic carbocycles. The Hall–Kier alpha value is -3.49. The summed E-state index contributed by atoms with van der Waals surface area (Å²) in [6, 6.07) is 17.9. The number of aryl methyl sites for hydroxylation is 1. The van der Waals surface area contributed by atoms with Crippen molar-refractivity contribution in [2.24, 2.45) is 0 Å². The third kappa shape index (κ3) is 4.88. The van der Waals surface area contributed by atoms with Gasteiger partial charge in [-0.1, -0.05) is 18.2 Å². The van der Waals surface area contributed by atoms with Crippen molar-refractivity contribution < 1.29 is 19.4 Å². The Bertz CT molecular complexity index is 1410. The first-order chi connectivity index (χ1) is 16.4. The van der Waals surface area contributed by atoms with E-state index in [1.165, 1.54) is 0 Å². The number of carbonyl (C=O) groups excluding carboxylic acids is 1. The molecule has 1 aromatic heterocycles. The zero-order valence-corrected chi connectivity index (χ0v) is 20.5. The number of methoxy groups -OCH3 is 1. The highest BCUT2D eigenvalue weighted by Gasteiger charge is 2.24. The fourth-order valence-corrected chi connectivity index (χ4v) is 4.74. The smallest absolute Gasteiger partial charge is 0.336 e. The SMILES string of the molecule is COc1ccc(C/C(C(=O)c2ccc(SC)cc2)=C(\C(=O)O)c2ccc3nsnc3c2)cc1C. The number of benzene rings is 3. The van der Waals surface area contributed by atoms with E-state index in [-0.39, 0.29) is 23.4 Å².